The lowest BCUT2D eigenvalue weighted by Gasteiger charge is -2.07. The molecule has 0 radical (unpaired) electrons. The third-order valence-corrected chi connectivity index (χ3v) is 3.20. The molecule has 3 nitrogen and oxygen atoms in total. The van der Waals surface area contributed by atoms with E-state index in [1.165, 1.54) is 11.1 Å². The fourth-order valence-corrected chi connectivity index (χ4v) is 1.93. The molecule has 1 heterocycles. The molecule has 3 heteroatoms. The molecule has 0 aliphatic rings. The molecular weight excluding hydrogens is 212 g/mol. The topological polar surface area (TPSA) is 34.9 Å². The average molecular weight is 228 g/mol. The van der Waals surface area contributed by atoms with Gasteiger partial charge in [0.05, 0.1) is 22.6 Å². The maximum absolute atomic E-state index is 11.0. The largest absolute Gasteiger partial charge is 0.298 e. The number of aryl methyl sites for hydroxylation is 3. The van der Waals surface area contributed by atoms with Gasteiger partial charge < -0.3 is 0 Å². The zero-order valence-corrected chi connectivity index (χ0v) is 10.6. The van der Waals surface area contributed by atoms with E-state index in [1.54, 1.807) is 0 Å². The van der Waals surface area contributed by atoms with Gasteiger partial charge in [-0.3, -0.25) is 4.79 Å². The summed E-state index contributed by atoms with van der Waals surface area (Å²) in [5.41, 5.74) is 5.83. The van der Waals surface area contributed by atoms with Crippen molar-refractivity contribution in [3.8, 4) is 5.69 Å². The molecule has 0 N–H and O–H groups in total. The average Bonchev–Trinajstić information content (AvgIpc) is 2.58. The number of hydrogen-bond donors (Lipinski definition) is 0. The van der Waals surface area contributed by atoms with Crippen molar-refractivity contribution in [3.63, 3.8) is 0 Å². The number of carbonyl (C=O) groups is 1. The number of hydrogen-bond acceptors (Lipinski definition) is 2. The van der Waals surface area contributed by atoms with Crippen molar-refractivity contribution in [2.24, 2.45) is 0 Å². The molecule has 0 aliphatic carbocycles. The molecule has 1 aromatic heterocycles. The predicted molar refractivity (Wildman–Crippen MR) is 67.9 cm³/mol. The van der Waals surface area contributed by atoms with Crippen molar-refractivity contribution in [1.82, 2.24) is 9.78 Å². The van der Waals surface area contributed by atoms with Gasteiger partial charge in [-0.2, -0.15) is 5.10 Å². The highest BCUT2D eigenvalue weighted by Gasteiger charge is 2.11. The molecule has 17 heavy (non-hydrogen) atoms. The van der Waals surface area contributed by atoms with Crippen molar-refractivity contribution in [2.75, 3.05) is 0 Å². The first-order valence-corrected chi connectivity index (χ1v) is 5.63. The van der Waals surface area contributed by atoms with E-state index in [1.807, 2.05) is 24.6 Å². The molecule has 1 aromatic carbocycles. The molecular formula is C14H16N2O. The summed E-state index contributed by atoms with van der Waals surface area (Å²) >= 11 is 0. The lowest BCUT2D eigenvalue weighted by atomic mass is 10.1. The fraction of sp³-hybridized carbons (Fsp3) is 0.286. The predicted octanol–water partition coefficient (Wildman–Crippen LogP) is 2.92. The second kappa shape index (κ2) is 4.17. The Bertz CT molecular complexity index is 582. The fourth-order valence-electron chi connectivity index (χ4n) is 1.93. The lowest BCUT2D eigenvalue weighted by Crippen LogP contribution is -2.00. The molecule has 2 aromatic rings. The van der Waals surface area contributed by atoms with E-state index in [9.17, 15) is 4.79 Å². The van der Waals surface area contributed by atoms with Crippen molar-refractivity contribution in [3.05, 3.63) is 46.3 Å². The van der Waals surface area contributed by atoms with Crippen LogP contribution < -0.4 is 0 Å². The third kappa shape index (κ3) is 1.88. The molecule has 0 spiro atoms. The van der Waals surface area contributed by atoms with Gasteiger partial charge >= 0.3 is 0 Å². The van der Waals surface area contributed by atoms with Gasteiger partial charge in [0.2, 0.25) is 0 Å². The standard InChI is InChI=1S/C14H16N2O/c1-9-5-6-13(7-10(9)2)16-12(4)14(8-17)11(3)15-16/h5-8H,1-4H3. The number of benzene rings is 1. The Morgan fingerprint density at radius 3 is 2.35 bits per heavy atom. The first-order valence-electron chi connectivity index (χ1n) is 5.63. The van der Waals surface area contributed by atoms with E-state index in [0.717, 1.165) is 23.4 Å². The van der Waals surface area contributed by atoms with Crippen molar-refractivity contribution >= 4 is 6.29 Å². The van der Waals surface area contributed by atoms with Crippen molar-refractivity contribution < 1.29 is 4.79 Å². The minimum absolute atomic E-state index is 0.684. The summed E-state index contributed by atoms with van der Waals surface area (Å²) in [6.07, 6.45) is 0.870. The maximum Gasteiger partial charge on any atom is 0.153 e. The second-order valence-electron chi connectivity index (χ2n) is 4.38. The SMILES string of the molecule is Cc1ccc(-n2nc(C)c(C=O)c2C)cc1C. The van der Waals surface area contributed by atoms with Gasteiger partial charge in [0.1, 0.15) is 0 Å². The first kappa shape index (κ1) is 11.6. The molecule has 0 aliphatic heterocycles. The summed E-state index contributed by atoms with van der Waals surface area (Å²) in [6.45, 7) is 7.93. The van der Waals surface area contributed by atoms with Crippen LogP contribution in [-0.2, 0) is 0 Å². The van der Waals surface area contributed by atoms with Gasteiger partial charge in [-0.15, -0.1) is 0 Å². The van der Waals surface area contributed by atoms with E-state index in [0.29, 0.717) is 5.56 Å². The zero-order chi connectivity index (χ0) is 12.6. The van der Waals surface area contributed by atoms with Crippen LogP contribution in [0.25, 0.3) is 5.69 Å². The normalized spacial score (nSPS) is 10.6. The summed E-state index contributed by atoms with van der Waals surface area (Å²) in [7, 11) is 0. The monoisotopic (exact) mass is 228 g/mol. The first-order chi connectivity index (χ1) is 8.04. The molecule has 0 unspecified atom stereocenters. The molecule has 0 atom stereocenters. The van der Waals surface area contributed by atoms with Crippen LogP contribution in [0.3, 0.4) is 0 Å². The summed E-state index contributed by atoms with van der Waals surface area (Å²) < 4.78 is 1.82. The van der Waals surface area contributed by atoms with Gasteiger partial charge in [0.15, 0.2) is 6.29 Å². The van der Waals surface area contributed by atoms with E-state index in [2.05, 4.69) is 31.1 Å². The minimum atomic E-state index is 0.684. The van der Waals surface area contributed by atoms with Crippen LogP contribution in [0.15, 0.2) is 18.2 Å². The summed E-state index contributed by atoms with van der Waals surface area (Å²) in [6, 6.07) is 6.18. The quantitative estimate of drug-likeness (QED) is 0.741. The smallest absolute Gasteiger partial charge is 0.153 e. The van der Waals surface area contributed by atoms with E-state index in [4.69, 9.17) is 0 Å². The Kier molecular flexibility index (Phi) is 2.84. The molecule has 0 fully saturated rings. The highest BCUT2D eigenvalue weighted by molar-refractivity contribution is 5.78. The van der Waals surface area contributed by atoms with Gasteiger partial charge in [-0.05, 0) is 51.0 Å². The third-order valence-electron chi connectivity index (χ3n) is 3.20. The molecule has 0 bridgehead atoms. The van der Waals surface area contributed by atoms with E-state index < -0.39 is 0 Å². The molecule has 0 amide bonds. The molecule has 0 saturated heterocycles. The number of aromatic nitrogens is 2. The van der Waals surface area contributed by atoms with Crippen molar-refractivity contribution in [2.45, 2.75) is 27.7 Å². The Balaban J connectivity index is 2.60. The van der Waals surface area contributed by atoms with Crippen LogP contribution in [0, 0.1) is 27.7 Å². The zero-order valence-electron chi connectivity index (χ0n) is 10.6. The van der Waals surface area contributed by atoms with Crippen LogP contribution >= 0.6 is 0 Å². The molecule has 0 saturated carbocycles. The number of aldehydes is 1. The number of carbonyl (C=O) groups excluding carboxylic acids is 1. The summed E-state index contributed by atoms with van der Waals surface area (Å²) in [5, 5.41) is 4.41. The Hall–Kier alpha value is -1.90. The minimum Gasteiger partial charge on any atom is -0.298 e. The van der Waals surface area contributed by atoms with Gasteiger partial charge in [-0.25, -0.2) is 4.68 Å². The summed E-state index contributed by atoms with van der Waals surface area (Å²) in [5.74, 6) is 0. The van der Waals surface area contributed by atoms with Gasteiger partial charge in [-0.1, -0.05) is 6.07 Å². The molecule has 88 valence electrons. The maximum atomic E-state index is 11.0. The molecule has 2 rings (SSSR count). The number of nitrogens with zero attached hydrogens (tertiary/aromatic N) is 2. The van der Waals surface area contributed by atoms with Crippen LogP contribution in [0.4, 0.5) is 0 Å². The number of rotatable bonds is 2. The lowest BCUT2D eigenvalue weighted by molar-refractivity contribution is 0.112. The Morgan fingerprint density at radius 2 is 1.82 bits per heavy atom. The summed E-state index contributed by atoms with van der Waals surface area (Å²) in [4.78, 5) is 11.0. The van der Waals surface area contributed by atoms with Crippen LogP contribution in [0.1, 0.15) is 32.9 Å². The van der Waals surface area contributed by atoms with Crippen LogP contribution in [0.5, 0.6) is 0 Å². The highest BCUT2D eigenvalue weighted by Crippen LogP contribution is 2.18. The van der Waals surface area contributed by atoms with Gasteiger partial charge in [0.25, 0.3) is 0 Å². The Morgan fingerprint density at radius 1 is 1.12 bits per heavy atom. The van der Waals surface area contributed by atoms with Crippen LogP contribution in [0.2, 0.25) is 0 Å². The van der Waals surface area contributed by atoms with E-state index in [-0.39, 0.29) is 0 Å². The highest BCUT2D eigenvalue weighted by atomic mass is 16.1. The van der Waals surface area contributed by atoms with E-state index >= 15 is 0 Å². The van der Waals surface area contributed by atoms with Gasteiger partial charge in [0, 0.05) is 0 Å². The second-order valence-corrected chi connectivity index (χ2v) is 4.38. The van der Waals surface area contributed by atoms with Crippen molar-refractivity contribution in [1.29, 1.82) is 0 Å². The van der Waals surface area contributed by atoms with Crippen LogP contribution in [-0.4, -0.2) is 16.1 Å². The Labute approximate surface area is 101 Å².